The highest BCUT2D eigenvalue weighted by Gasteiger charge is 2.32. The van der Waals surface area contributed by atoms with Crippen LogP contribution in [0.5, 0.6) is 0 Å². The van der Waals surface area contributed by atoms with E-state index in [2.05, 4.69) is 9.88 Å². The molecule has 140 valence electrons. The molecule has 2 N–H and O–H groups in total. The number of nitrogens with zero attached hydrogens (tertiary/aromatic N) is 1. The van der Waals surface area contributed by atoms with Gasteiger partial charge < -0.3 is 14.8 Å². The monoisotopic (exact) mass is 366 g/mol. The summed E-state index contributed by atoms with van der Waals surface area (Å²) in [5.41, 5.74) is 3.83. The minimum absolute atomic E-state index is 0.0849. The number of aromatic amines is 1. The molecule has 1 atom stereocenters. The molecule has 4 nitrogen and oxygen atoms in total. The number of benzene rings is 2. The predicted molar refractivity (Wildman–Crippen MR) is 106 cm³/mol. The third-order valence-electron chi connectivity index (χ3n) is 5.74. The molecule has 4 rings (SSSR count). The van der Waals surface area contributed by atoms with Gasteiger partial charge in [-0.05, 0) is 44.2 Å². The molecule has 1 aliphatic rings. The molecule has 1 aromatic heterocycles. The second-order valence-corrected chi connectivity index (χ2v) is 7.38. The topological polar surface area (TPSA) is 40.5 Å². The van der Waals surface area contributed by atoms with Gasteiger partial charge in [0.2, 0.25) is 5.78 Å². The van der Waals surface area contributed by atoms with Crippen molar-refractivity contribution in [3.63, 3.8) is 0 Å². The molecule has 2 aromatic carbocycles. The molecule has 0 unspecified atom stereocenters. The third-order valence-corrected chi connectivity index (χ3v) is 5.74. The van der Waals surface area contributed by atoms with Crippen LogP contribution in [-0.2, 0) is 0 Å². The summed E-state index contributed by atoms with van der Waals surface area (Å²) in [5.74, 6) is -0.00786. The number of anilines is 1. The van der Waals surface area contributed by atoms with Gasteiger partial charge >= 0.3 is 0 Å². The normalized spacial score (nSPS) is 16.6. The predicted octanol–water partition coefficient (Wildman–Crippen LogP) is 2.59. The van der Waals surface area contributed by atoms with Gasteiger partial charge in [-0.15, -0.1) is 0 Å². The highest BCUT2D eigenvalue weighted by molar-refractivity contribution is 6.10. The molecule has 0 radical (unpaired) electrons. The Morgan fingerprint density at radius 1 is 1.11 bits per heavy atom. The number of carbonyl (C=O) groups excluding carboxylic acids is 1. The average molecular weight is 366 g/mol. The molecule has 5 heteroatoms. The average Bonchev–Trinajstić information content (AvgIpc) is 3.03. The van der Waals surface area contributed by atoms with Crippen molar-refractivity contribution in [1.29, 1.82) is 0 Å². The quantitative estimate of drug-likeness (QED) is 0.697. The number of piperazine rings is 1. The molecule has 2 heterocycles. The summed E-state index contributed by atoms with van der Waals surface area (Å²) in [6, 6.07) is 14.5. The standard InChI is InChI=1S/C22H24FN3O/c1-15-21(19-5-3-4-6-20(19)24-15)22(27)16(2)25-11-13-26(14-12-25)18-9-7-17(23)8-10-18/h3-10,16,24H,11-14H2,1-2H3/p+1/t16-/m1/s1. The van der Waals surface area contributed by atoms with Crippen LogP contribution in [-0.4, -0.2) is 43.0 Å². The molecule has 0 saturated carbocycles. The number of hydrogen-bond acceptors (Lipinski definition) is 2. The molecule has 3 aromatic rings. The molecule has 1 saturated heterocycles. The minimum Gasteiger partial charge on any atom is -0.360 e. The van der Waals surface area contributed by atoms with Gasteiger partial charge in [0.15, 0.2) is 0 Å². The van der Waals surface area contributed by atoms with Gasteiger partial charge in [-0.25, -0.2) is 4.39 Å². The Labute approximate surface area is 158 Å². The molecule has 1 aliphatic heterocycles. The van der Waals surface area contributed by atoms with Crippen molar-refractivity contribution in [3.8, 4) is 0 Å². The largest absolute Gasteiger partial charge is 0.360 e. The number of Topliss-reactive ketones (excluding diaryl/α,β-unsaturated/α-hetero) is 1. The van der Waals surface area contributed by atoms with E-state index in [1.165, 1.54) is 17.0 Å². The van der Waals surface area contributed by atoms with Gasteiger partial charge in [-0.3, -0.25) is 4.79 Å². The minimum atomic E-state index is -0.212. The van der Waals surface area contributed by atoms with Crippen LogP contribution in [0.15, 0.2) is 48.5 Å². The van der Waals surface area contributed by atoms with E-state index >= 15 is 0 Å². The van der Waals surface area contributed by atoms with Crippen molar-refractivity contribution >= 4 is 22.4 Å². The lowest BCUT2D eigenvalue weighted by atomic mass is 10.0. The number of nitrogens with one attached hydrogen (secondary N) is 2. The number of rotatable bonds is 4. The van der Waals surface area contributed by atoms with E-state index in [-0.39, 0.29) is 17.6 Å². The Kier molecular flexibility index (Phi) is 4.70. The summed E-state index contributed by atoms with van der Waals surface area (Å²) in [5, 5.41) is 1.01. The van der Waals surface area contributed by atoms with Gasteiger partial charge in [0.05, 0.1) is 31.7 Å². The molecule has 0 amide bonds. The zero-order valence-electron chi connectivity index (χ0n) is 15.8. The Bertz CT molecular complexity index is 955. The SMILES string of the molecule is Cc1[nH]c2ccccc2c1C(=O)[C@@H](C)[NH+]1CCN(c2ccc(F)cc2)CC1. The summed E-state index contributed by atoms with van der Waals surface area (Å²) in [4.78, 5) is 20.1. The van der Waals surface area contributed by atoms with E-state index in [0.717, 1.165) is 54.0 Å². The number of carbonyl (C=O) groups is 1. The smallest absolute Gasteiger partial charge is 0.222 e. The van der Waals surface area contributed by atoms with Crippen molar-refractivity contribution in [2.75, 3.05) is 31.1 Å². The van der Waals surface area contributed by atoms with E-state index in [4.69, 9.17) is 0 Å². The third kappa shape index (κ3) is 3.35. The van der Waals surface area contributed by atoms with Crippen LogP contribution < -0.4 is 9.80 Å². The van der Waals surface area contributed by atoms with Crippen LogP contribution in [0.4, 0.5) is 10.1 Å². The van der Waals surface area contributed by atoms with Crippen molar-refractivity contribution < 1.29 is 14.1 Å². The highest BCUT2D eigenvalue weighted by Crippen LogP contribution is 2.23. The Morgan fingerprint density at radius 2 is 1.78 bits per heavy atom. The number of hydrogen-bond donors (Lipinski definition) is 2. The van der Waals surface area contributed by atoms with Gasteiger partial charge in [0.1, 0.15) is 11.9 Å². The van der Waals surface area contributed by atoms with Crippen LogP contribution in [0.2, 0.25) is 0 Å². The van der Waals surface area contributed by atoms with E-state index in [1.807, 2.05) is 50.2 Å². The number of aryl methyl sites for hydroxylation is 1. The molecule has 0 bridgehead atoms. The van der Waals surface area contributed by atoms with Gasteiger partial charge in [-0.2, -0.15) is 0 Å². The van der Waals surface area contributed by atoms with E-state index in [1.54, 1.807) is 0 Å². The van der Waals surface area contributed by atoms with Crippen LogP contribution in [0.3, 0.4) is 0 Å². The lowest BCUT2D eigenvalue weighted by Crippen LogP contribution is -3.18. The first-order chi connectivity index (χ1) is 13.0. The number of para-hydroxylation sites is 1. The first-order valence-corrected chi connectivity index (χ1v) is 9.51. The Hall–Kier alpha value is -2.66. The molecule has 27 heavy (non-hydrogen) atoms. The summed E-state index contributed by atoms with van der Waals surface area (Å²) in [6.45, 7) is 7.53. The first kappa shape index (κ1) is 17.7. The van der Waals surface area contributed by atoms with Gasteiger partial charge in [0.25, 0.3) is 0 Å². The Morgan fingerprint density at radius 3 is 2.48 bits per heavy atom. The fourth-order valence-corrected chi connectivity index (χ4v) is 4.13. The zero-order valence-corrected chi connectivity index (χ0v) is 15.8. The number of aromatic nitrogens is 1. The molecular weight excluding hydrogens is 341 g/mol. The lowest BCUT2D eigenvalue weighted by Gasteiger charge is -2.36. The van der Waals surface area contributed by atoms with Crippen molar-refractivity contribution in [3.05, 3.63) is 65.6 Å². The van der Waals surface area contributed by atoms with Gasteiger partial charge in [-0.1, -0.05) is 18.2 Å². The maximum atomic E-state index is 13.2. The second kappa shape index (κ2) is 7.16. The van der Waals surface area contributed by atoms with Crippen molar-refractivity contribution in [2.45, 2.75) is 19.9 Å². The molecule has 1 fully saturated rings. The zero-order chi connectivity index (χ0) is 19.0. The van der Waals surface area contributed by atoms with E-state index in [9.17, 15) is 9.18 Å². The summed E-state index contributed by atoms with van der Waals surface area (Å²) < 4.78 is 13.1. The van der Waals surface area contributed by atoms with Crippen LogP contribution in [0.25, 0.3) is 10.9 Å². The molecular formula is C22H25FN3O+. The summed E-state index contributed by atoms with van der Waals surface area (Å²) >= 11 is 0. The summed E-state index contributed by atoms with van der Waals surface area (Å²) in [7, 11) is 0. The van der Waals surface area contributed by atoms with Crippen molar-refractivity contribution in [2.24, 2.45) is 0 Å². The molecule has 0 spiro atoms. The summed E-state index contributed by atoms with van der Waals surface area (Å²) in [6.07, 6.45) is 0. The fraction of sp³-hybridized carbons (Fsp3) is 0.318. The second-order valence-electron chi connectivity index (χ2n) is 7.38. The van der Waals surface area contributed by atoms with Crippen LogP contribution in [0.1, 0.15) is 23.0 Å². The highest BCUT2D eigenvalue weighted by atomic mass is 19.1. The van der Waals surface area contributed by atoms with E-state index in [0.29, 0.717) is 0 Å². The van der Waals surface area contributed by atoms with E-state index < -0.39 is 0 Å². The number of fused-ring (bicyclic) bond motifs is 1. The maximum absolute atomic E-state index is 13.2. The number of halogens is 1. The van der Waals surface area contributed by atoms with Crippen molar-refractivity contribution in [1.82, 2.24) is 4.98 Å². The first-order valence-electron chi connectivity index (χ1n) is 9.51. The number of quaternary nitrogens is 1. The Balaban J connectivity index is 1.47. The number of ketones is 1. The van der Waals surface area contributed by atoms with Crippen LogP contribution in [0, 0.1) is 12.7 Å². The number of H-pyrrole nitrogens is 1. The fourth-order valence-electron chi connectivity index (χ4n) is 4.13. The van der Waals surface area contributed by atoms with Gasteiger partial charge in [0, 0.05) is 22.3 Å². The van der Waals surface area contributed by atoms with Crippen LogP contribution >= 0.6 is 0 Å². The molecule has 0 aliphatic carbocycles. The maximum Gasteiger partial charge on any atom is 0.222 e. The lowest BCUT2D eigenvalue weighted by molar-refractivity contribution is -0.914.